The molecule has 1 aromatic carbocycles. The summed E-state index contributed by atoms with van der Waals surface area (Å²) in [7, 11) is 1.39. The third kappa shape index (κ3) is 2.83. The number of ether oxygens (including phenoxy) is 2. The van der Waals surface area contributed by atoms with Crippen molar-refractivity contribution in [1.29, 1.82) is 0 Å². The van der Waals surface area contributed by atoms with Gasteiger partial charge in [0, 0.05) is 0 Å². The quantitative estimate of drug-likeness (QED) is 0.731. The van der Waals surface area contributed by atoms with E-state index in [1.54, 1.807) is 0 Å². The number of hydrogen-bond acceptors (Lipinski definition) is 3. The molecule has 0 amide bonds. The normalized spacial score (nSPS) is 14.9. The molecule has 1 aliphatic rings. The third-order valence-electron chi connectivity index (χ3n) is 2.57. The number of carbonyl (C=O) groups is 1. The molecule has 3 heteroatoms. The van der Waals surface area contributed by atoms with E-state index in [2.05, 4.69) is 0 Å². The van der Waals surface area contributed by atoms with Gasteiger partial charge in [-0.1, -0.05) is 6.07 Å². The van der Waals surface area contributed by atoms with Gasteiger partial charge in [0.1, 0.15) is 0 Å². The molecule has 1 aliphatic carbocycles. The number of carbonyl (C=O) groups excluding carboxylic acids is 1. The number of hydrogen-bond donors (Lipinski definition) is 0. The maximum atomic E-state index is 11.4. The van der Waals surface area contributed by atoms with Crippen LogP contribution < -0.4 is 0 Å². The Morgan fingerprint density at radius 2 is 2.12 bits per heavy atom. The van der Waals surface area contributed by atoms with Crippen molar-refractivity contribution in [2.75, 3.05) is 7.11 Å². The van der Waals surface area contributed by atoms with Crippen molar-refractivity contribution in [3.05, 3.63) is 34.9 Å². The summed E-state index contributed by atoms with van der Waals surface area (Å²) in [5, 5.41) is 0. The van der Waals surface area contributed by atoms with Gasteiger partial charge >= 0.3 is 5.97 Å². The minimum atomic E-state index is -0.295. The Morgan fingerprint density at radius 1 is 1.38 bits per heavy atom. The highest BCUT2D eigenvalue weighted by atomic mass is 16.5. The van der Waals surface area contributed by atoms with E-state index in [1.165, 1.54) is 7.11 Å². The van der Waals surface area contributed by atoms with Gasteiger partial charge in [0.15, 0.2) is 0 Å². The molecule has 0 N–H and O–H groups in total. The van der Waals surface area contributed by atoms with Crippen molar-refractivity contribution in [3.8, 4) is 0 Å². The van der Waals surface area contributed by atoms with Crippen molar-refractivity contribution >= 4 is 5.97 Å². The predicted octanol–water partition coefficient (Wildman–Crippen LogP) is 2.46. The summed E-state index contributed by atoms with van der Waals surface area (Å²) >= 11 is 0. The van der Waals surface area contributed by atoms with E-state index in [9.17, 15) is 4.79 Å². The van der Waals surface area contributed by atoms with Crippen LogP contribution in [0.4, 0.5) is 0 Å². The standard InChI is InChI=1S/C13H16O3/c1-9-5-10(8-16-12-3-4-12)7-11(6-9)13(14)15-2/h5-7,12H,3-4,8H2,1-2H3. The van der Waals surface area contributed by atoms with Crippen molar-refractivity contribution < 1.29 is 14.3 Å². The molecule has 3 nitrogen and oxygen atoms in total. The predicted molar refractivity (Wildman–Crippen MR) is 60.3 cm³/mol. The van der Waals surface area contributed by atoms with Gasteiger partial charge in [-0.3, -0.25) is 0 Å². The molecule has 86 valence electrons. The number of benzene rings is 1. The summed E-state index contributed by atoms with van der Waals surface area (Å²) in [6.45, 7) is 2.55. The van der Waals surface area contributed by atoms with Crippen LogP contribution in [-0.2, 0) is 16.1 Å². The van der Waals surface area contributed by atoms with Crippen molar-refractivity contribution in [2.45, 2.75) is 32.5 Å². The number of aryl methyl sites for hydroxylation is 1. The lowest BCUT2D eigenvalue weighted by atomic mass is 10.1. The van der Waals surface area contributed by atoms with Crippen LogP contribution in [0.1, 0.15) is 34.3 Å². The van der Waals surface area contributed by atoms with E-state index < -0.39 is 0 Å². The lowest BCUT2D eigenvalue weighted by molar-refractivity contribution is 0.0600. The second kappa shape index (κ2) is 4.66. The second-order valence-corrected chi connectivity index (χ2v) is 4.21. The van der Waals surface area contributed by atoms with E-state index in [-0.39, 0.29) is 5.97 Å². The van der Waals surface area contributed by atoms with Gasteiger partial charge in [0.25, 0.3) is 0 Å². The van der Waals surface area contributed by atoms with Crippen LogP contribution >= 0.6 is 0 Å². The van der Waals surface area contributed by atoms with Gasteiger partial charge in [0.05, 0.1) is 25.4 Å². The summed E-state index contributed by atoms with van der Waals surface area (Å²) in [6.07, 6.45) is 2.76. The first-order valence-electron chi connectivity index (χ1n) is 5.49. The van der Waals surface area contributed by atoms with Gasteiger partial charge in [-0.25, -0.2) is 4.79 Å². The zero-order chi connectivity index (χ0) is 11.5. The fourth-order valence-corrected chi connectivity index (χ4v) is 1.63. The Labute approximate surface area is 95.4 Å². The summed E-state index contributed by atoms with van der Waals surface area (Å²) in [4.78, 5) is 11.4. The molecule has 1 aromatic rings. The molecule has 16 heavy (non-hydrogen) atoms. The molecule has 0 radical (unpaired) electrons. The summed E-state index contributed by atoms with van der Waals surface area (Å²) < 4.78 is 10.3. The molecule has 1 fully saturated rings. The van der Waals surface area contributed by atoms with Gasteiger partial charge in [-0.05, 0) is 43.0 Å². The van der Waals surface area contributed by atoms with Crippen LogP contribution in [0, 0.1) is 6.92 Å². The fraction of sp³-hybridized carbons (Fsp3) is 0.462. The molecule has 0 aliphatic heterocycles. The van der Waals surface area contributed by atoms with Gasteiger partial charge in [-0.15, -0.1) is 0 Å². The zero-order valence-corrected chi connectivity index (χ0v) is 9.66. The van der Waals surface area contributed by atoms with E-state index >= 15 is 0 Å². The van der Waals surface area contributed by atoms with Crippen LogP contribution in [-0.4, -0.2) is 19.2 Å². The SMILES string of the molecule is COC(=O)c1cc(C)cc(COC2CC2)c1. The molecule has 1 saturated carbocycles. The highest BCUT2D eigenvalue weighted by molar-refractivity contribution is 5.89. The van der Waals surface area contributed by atoms with E-state index in [0.717, 1.165) is 24.0 Å². The van der Waals surface area contributed by atoms with E-state index in [0.29, 0.717) is 18.3 Å². The molecule has 0 saturated heterocycles. The minimum absolute atomic E-state index is 0.295. The van der Waals surface area contributed by atoms with Crippen molar-refractivity contribution in [3.63, 3.8) is 0 Å². The first kappa shape index (κ1) is 11.1. The van der Waals surface area contributed by atoms with Crippen molar-refractivity contribution in [2.24, 2.45) is 0 Å². The average molecular weight is 220 g/mol. The Kier molecular flexibility index (Phi) is 3.25. The maximum Gasteiger partial charge on any atom is 0.337 e. The monoisotopic (exact) mass is 220 g/mol. The number of rotatable bonds is 4. The first-order chi connectivity index (χ1) is 7.69. The first-order valence-corrected chi connectivity index (χ1v) is 5.49. The summed E-state index contributed by atoms with van der Waals surface area (Å²) in [5.41, 5.74) is 2.68. The van der Waals surface area contributed by atoms with Crippen molar-refractivity contribution in [1.82, 2.24) is 0 Å². The second-order valence-electron chi connectivity index (χ2n) is 4.21. The minimum Gasteiger partial charge on any atom is -0.465 e. The topological polar surface area (TPSA) is 35.5 Å². The smallest absolute Gasteiger partial charge is 0.337 e. The summed E-state index contributed by atoms with van der Waals surface area (Å²) in [5.74, 6) is -0.295. The molecule has 0 heterocycles. The van der Waals surface area contributed by atoms with Gasteiger partial charge in [-0.2, -0.15) is 0 Å². The van der Waals surface area contributed by atoms with Crippen LogP contribution in [0.5, 0.6) is 0 Å². The Morgan fingerprint density at radius 3 is 2.75 bits per heavy atom. The van der Waals surface area contributed by atoms with E-state index in [1.807, 2.05) is 25.1 Å². The maximum absolute atomic E-state index is 11.4. The Bertz CT molecular complexity index is 394. The van der Waals surface area contributed by atoms with Crippen LogP contribution in [0.2, 0.25) is 0 Å². The highest BCUT2D eigenvalue weighted by Gasteiger charge is 2.22. The highest BCUT2D eigenvalue weighted by Crippen LogP contribution is 2.25. The average Bonchev–Trinajstić information content (AvgIpc) is 3.08. The molecule has 0 aromatic heterocycles. The molecule has 0 spiro atoms. The molecule has 0 atom stereocenters. The Balaban J connectivity index is 2.10. The molecule has 2 rings (SSSR count). The van der Waals surface area contributed by atoms with Gasteiger partial charge in [0.2, 0.25) is 0 Å². The molecule has 0 unspecified atom stereocenters. The largest absolute Gasteiger partial charge is 0.465 e. The lowest BCUT2D eigenvalue weighted by Gasteiger charge is -2.06. The molecule has 0 bridgehead atoms. The number of esters is 1. The lowest BCUT2D eigenvalue weighted by Crippen LogP contribution is -2.03. The fourth-order valence-electron chi connectivity index (χ4n) is 1.63. The molecular weight excluding hydrogens is 204 g/mol. The van der Waals surface area contributed by atoms with Crippen LogP contribution in [0.25, 0.3) is 0 Å². The zero-order valence-electron chi connectivity index (χ0n) is 9.66. The number of methoxy groups -OCH3 is 1. The van der Waals surface area contributed by atoms with Crippen LogP contribution in [0.3, 0.4) is 0 Å². The van der Waals surface area contributed by atoms with E-state index in [4.69, 9.17) is 9.47 Å². The third-order valence-corrected chi connectivity index (χ3v) is 2.57. The van der Waals surface area contributed by atoms with Gasteiger partial charge < -0.3 is 9.47 Å². The Hall–Kier alpha value is -1.35. The summed E-state index contributed by atoms with van der Waals surface area (Å²) in [6, 6.07) is 5.70. The molecular formula is C13H16O3. The van der Waals surface area contributed by atoms with Crippen LogP contribution in [0.15, 0.2) is 18.2 Å².